The molecule has 1 atom stereocenters. The topological polar surface area (TPSA) is 49.3 Å². The predicted octanol–water partition coefficient (Wildman–Crippen LogP) is 2.46. The Bertz CT molecular complexity index is 534. The minimum absolute atomic E-state index is 0.123. The lowest BCUT2D eigenvalue weighted by Gasteiger charge is -2.16. The Morgan fingerprint density at radius 2 is 1.74 bits per heavy atom. The zero-order valence-corrected chi connectivity index (χ0v) is 10.8. The molecular weight excluding hydrogens is 238 g/mol. The van der Waals surface area contributed by atoms with E-state index in [4.69, 9.17) is 0 Å². The van der Waals surface area contributed by atoms with Crippen molar-refractivity contribution < 1.29 is 9.90 Å². The van der Waals surface area contributed by atoms with Crippen LogP contribution in [0, 0.1) is 6.92 Å². The van der Waals surface area contributed by atoms with Crippen molar-refractivity contribution >= 4 is 5.91 Å². The van der Waals surface area contributed by atoms with E-state index in [2.05, 4.69) is 5.32 Å². The van der Waals surface area contributed by atoms with E-state index >= 15 is 0 Å². The van der Waals surface area contributed by atoms with E-state index in [1.165, 1.54) is 0 Å². The molecule has 0 aliphatic heterocycles. The van der Waals surface area contributed by atoms with Gasteiger partial charge in [-0.25, -0.2) is 0 Å². The van der Waals surface area contributed by atoms with Crippen molar-refractivity contribution in [2.45, 2.75) is 13.0 Å². The summed E-state index contributed by atoms with van der Waals surface area (Å²) in [6.45, 7) is 1.85. The molecule has 0 unspecified atom stereocenters. The summed E-state index contributed by atoms with van der Waals surface area (Å²) >= 11 is 0. The lowest BCUT2D eigenvalue weighted by atomic mass is 10.1. The number of rotatable bonds is 4. The summed E-state index contributed by atoms with van der Waals surface area (Å²) in [7, 11) is 0. The van der Waals surface area contributed by atoms with Gasteiger partial charge in [0.15, 0.2) is 0 Å². The number of benzene rings is 2. The molecule has 0 fully saturated rings. The quantitative estimate of drug-likeness (QED) is 0.881. The van der Waals surface area contributed by atoms with Gasteiger partial charge < -0.3 is 10.4 Å². The number of nitrogens with one attached hydrogen (secondary N) is 1. The van der Waals surface area contributed by atoms with Gasteiger partial charge in [-0.15, -0.1) is 0 Å². The highest BCUT2D eigenvalue weighted by Gasteiger charge is 2.14. The molecule has 3 nitrogen and oxygen atoms in total. The summed E-state index contributed by atoms with van der Waals surface area (Å²) in [6.07, 6.45) is 0. The van der Waals surface area contributed by atoms with E-state index in [0.717, 1.165) is 11.1 Å². The molecule has 0 aliphatic carbocycles. The lowest BCUT2D eigenvalue weighted by molar-refractivity contribution is 0.0916. The third-order valence-electron chi connectivity index (χ3n) is 3.00. The predicted molar refractivity (Wildman–Crippen MR) is 74.9 cm³/mol. The first kappa shape index (κ1) is 13.3. The summed E-state index contributed by atoms with van der Waals surface area (Å²) < 4.78 is 0. The zero-order chi connectivity index (χ0) is 13.7. The largest absolute Gasteiger partial charge is 0.394 e. The van der Waals surface area contributed by atoms with Crippen LogP contribution < -0.4 is 5.32 Å². The van der Waals surface area contributed by atoms with Gasteiger partial charge in [0.25, 0.3) is 5.91 Å². The van der Waals surface area contributed by atoms with Crippen LogP contribution >= 0.6 is 0 Å². The summed E-state index contributed by atoms with van der Waals surface area (Å²) in [4.78, 5) is 12.1. The Balaban J connectivity index is 2.10. The van der Waals surface area contributed by atoms with Crippen molar-refractivity contribution in [3.8, 4) is 0 Å². The number of aliphatic hydroxyl groups is 1. The zero-order valence-electron chi connectivity index (χ0n) is 10.8. The number of carbonyl (C=O) groups is 1. The molecule has 0 radical (unpaired) electrons. The second kappa shape index (κ2) is 6.16. The van der Waals surface area contributed by atoms with Crippen molar-refractivity contribution in [3.05, 3.63) is 71.3 Å². The van der Waals surface area contributed by atoms with E-state index in [9.17, 15) is 9.90 Å². The van der Waals surface area contributed by atoms with Gasteiger partial charge >= 0.3 is 0 Å². The third-order valence-corrected chi connectivity index (χ3v) is 3.00. The molecule has 2 aromatic rings. The normalized spacial score (nSPS) is 11.9. The Labute approximate surface area is 112 Å². The number of hydrogen-bond donors (Lipinski definition) is 2. The number of aliphatic hydroxyl groups excluding tert-OH is 1. The first-order valence-electron chi connectivity index (χ1n) is 6.24. The van der Waals surface area contributed by atoms with Crippen molar-refractivity contribution in [3.63, 3.8) is 0 Å². The van der Waals surface area contributed by atoms with Crippen LogP contribution in [0.4, 0.5) is 0 Å². The van der Waals surface area contributed by atoms with Crippen LogP contribution in [0.1, 0.15) is 27.5 Å². The average molecular weight is 255 g/mol. The highest BCUT2D eigenvalue weighted by atomic mass is 16.3. The highest BCUT2D eigenvalue weighted by Crippen LogP contribution is 2.13. The van der Waals surface area contributed by atoms with Gasteiger partial charge in [-0.3, -0.25) is 4.79 Å². The molecule has 0 aromatic heterocycles. The minimum atomic E-state index is -0.380. The van der Waals surface area contributed by atoms with Gasteiger partial charge in [-0.05, 0) is 24.6 Å². The molecule has 0 aliphatic rings. The SMILES string of the molecule is Cc1ccc(C(=O)N[C@H](CO)c2ccccc2)cc1. The molecule has 2 rings (SSSR count). The molecule has 0 saturated carbocycles. The monoisotopic (exact) mass is 255 g/mol. The summed E-state index contributed by atoms with van der Waals surface area (Å²) in [5.74, 6) is -0.178. The Hall–Kier alpha value is -2.13. The fourth-order valence-electron chi connectivity index (χ4n) is 1.87. The number of hydrogen-bond acceptors (Lipinski definition) is 2. The van der Waals surface area contributed by atoms with Crippen LogP contribution in [0.15, 0.2) is 54.6 Å². The molecular formula is C16H17NO2. The molecule has 0 heterocycles. The van der Waals surface area contributed by atoms with Gasteiger partial charge in [-0.2, -0.15) is 0 Å². The van der Waals surface area contributed by atoms with Crippen LogP contribution in [-0.4, -0.2) is 17.6 Å². The van der Waals surface area contributed by atoms with Crippen molar-refractivity contribution in [1.29, 1.82) is 0 Å². The minimum Gasteiger partial charge on any atom is -0.394 e. The van der Waals surface area contributed by atoms with Gasteiger partial charge in [0, 0.05) is 5.56 Å². The van der Waals surface area contributed by atoms with Crippen LogP contribution in [0.2, 0.25) is 0 Å². The fourth-order valence-corrected chi connectivity index (χ4v) is 1.87. The Morgan fingerprint density at radius 1 is 1.11 bits per heavy atom. The molecule has 0 saturated heterocycles. The maximum atomic E-state index is 12.1. The molecule has 0 bridgehead atoms. The molecule has 2 aromatic carbocycles. The maximum absolute atomic E-state index is 12.1. The summed E-state index contributed by atoms with van der Waals surface area (Å²) in [5.41, 5.74) is 2.60. The van der Waals surface area contributed by atoms with E-state index in [1.807, 2.05) is 49.4 Å². The van der Waals surface area contributed by atoms with E-state index in [-0.39, 0.29) is 18.6 Å². The van der Waals surface area contributed by atoms with Crippen molar-refractivity contribution in [2.75, 3.05) is 6.61 Å². The van der Waals surface area contributed by atoms with Gasteiger partial charge in [0.1, 0.15) is 0 Å². The van der Waals surface area contributed by atoms with Gasteiger partial charge in [0.05, 0.1) is 12.6 Å². The van der Waals surface area contributed by atoms with Crippen LogP contribution in [0.5, 0.6) is 0 Å². The van der Waals surface area contributed by atoms with Gasteiger partial charge in [0.2, 0.25) is 0 Å². The van der Waals surface area contributed by atoms with E-state index < -0.39 is 0 Å². The number of carbonyl (C=O) groups excluding carboxylic acids is 1. The lowest BCUT2D eigenvalue weighted by Crippen LogP contribution is -2.30. The highest BCUT2D eigenvalue weighted by molar-refractivity contribution is 5.94. The molecule has 1 amide bonds. The van der Waals surface area contributed by atoms with Crippen molar-refractivity contribution in [2.24, 2.45) is 0 Å². The number of aryl methyl sites for hydroxylation is 1. The fraction of sp³-hybridized carbons (Fsp3) is 0.188. The molecule has 2 N–H and O–H groups in total. The van der Waals surface area contributed by atoms with Crippen molar-refractivity contribution in [1.82, 2.24) is 5.32 Å². The van der Waals surface area contributed by atoms with E-state index in [0.29, 0.717) is 5.56 Å². The Kier molecular flexibility index (Phi) is 4.31. The molecule has 0 spiro atoms. The molecule has 98 valence electrons. The second-order valence-electron chi connectivity index (χ2n) is 4.49. The van der Waals surface area contributed by atoms with E-state index in [1.54, 1.807) is 12.1 Å². The van der Waals surface area contributed by atoms with Crippen LogP contribution in [-0.2, 0) is 0 Å². The summed E-state index contributed by atoms with van der Waals surface area (Å²) in [6, 6.07) is 16.4. The maximum Gasteiger partial charge on any atom is 0.251 e. The standard InChI is InChI=1S/C16H17NO2/c1-12-7-9-14(10-8-12)16(19)17-15(11-18)13-5-3-2-4-6-13/h2-10,15,18H,11H2,1H3,(H,17,19)/t15-/m1/s1. The average Bonchev–Trinajstić information content (AvgIpc) is 2.46. The second-order valence-corrected chi connectivity index (χ2v) is 4.49. The first-order valence-corrected chi connectivity index (χ1v) is 6.24. The molecule has 3 heteroatoms. The Morgan fingerprint density at radius 3 is 2.32 bits per heavy atom. The smallest absolute Gasteiger partial charge is 0.251 e. The first-order chi connectivity index (χ1) is 9.20. The van der Waals surface area contributed by atoms with Crippen LogP contribution in [0.3, 0.4) is 0 Å². The van der Waals surface area contributed by atoms with Crippen LogP contribution in [0.25, 0.3) is 0 Å². The van der Waals surface area contributed by atoms with Gasteiger partial charge in [-0.1, -0.05) is 48.0 Å². The molecule has 19 heavy (non-hydrogen) atoms. The number of amides is 1. The summed E-state index contributed by atoms with van der Waals surface area (Å²) in [5, 5.41) is 12.2. The third kappa shape index (κ3) is 3.42.